The van der Waals surface area contributed by atoms with Crippen LogP contribution in [0.25, 0.3) is 0 Å². The molecule has 4 rings (SSSR count). The Hall–Kier alpha value is -1.82. The molecule has 2 amide bonds. The normalized spacial score (nSPS) is 25.7. The average molecular weight is 345 g/mol. The number of likely N-dealkylation sites (tertiary alicyclic amines) is 1. The summed E-state index contributed by atoms with van der Waals surface area (Å²) in [4.78, 5) is 31.8. The molecule has 1 atom stereocenters. The van der Waals surface area contributed by atoms with E-state index in [2.05, 4.69) is 9.80 Å². The van der Waals surface area contributed by atoms with Gasteiger partial charge in [0, 0.05) is 44.7 Å². The van der Waals surface area contributed by atoms with Crippen molar-refractivity contribution >= 4 is 11.8 Å². The van der Waals surface area contributed by atoms with Gasteiger partial charge in [-0.2, -0.15) is 0 Å². The molecule has 3 aliphatic rings. The van der Waals surface area contributed by atoms with Crippen LogP contribution >= 0.6 is 0 Å². The highest BCUT2D eigenvalue weighted by Crippen LogP contribution is 2.25. The number of hydrogen-bond acceptors (Lipinski definition) is 4. The van der Waals surface area contributed by atoms with Gasteiger partial charge < -0.3 is 14.2 Å². The van der Waals surface area contributed by atoms with E-state index in [1.165, 1.54) is 38.3 Å². The van der Waals surface area contributed by atoms with E-state index in [1.54, 1.807) is 6.07 Å². The average Bonchev–Trinajstić information content (AvgIpc) is 3.21. The Labute approximate surface area is 148 Å². The second-order valence-electron chi connectivity index (χ2n) is 7.55. The van der Waals surface area contributed by atoms with Crippen molar-refractivity contribution in [2.45, 2.75) is 38.1 Å². The van der Waals surface area contributed by atoms with Gasteiger partial charge in [-0.1, -0.05) is 6.42 Å². The molecule has 0 bridgehead atoms. The molecule has 3 saturated heterocycles. The van der Waals surface area contributed by atoms with Crippen LogP contribution in [0.1, 0.15) is 42.5 Å². The maximum absolute atomic E-state index is 12.9. The largest absolute Gasteiger partial charge is 0.472 e. The van der Waals surface area contributed by atoms with E-state index in [4.69, 9.17) is 4.42 Å². The number of piperazine rings is 1. The summed E-state index contributed by atoms with van der Waals surface area (Å²) in [6, 6.07) is 2.26. The molecule has 0 spiro atoms. The Morgan fingerprint density at radius 2 is 1.80 bits per heavy atom. The van der Waals surface area contributed by atoms with Gasteiger partial charge in [-0.3, -0.25) is 14.5 Å². The van der Waals surface area contributed by atoms with Crippen molar-refractivity contribution in [1.29, 1.82) is 0 Å². The zero-order chi connectivity index (χ0) is 17.2. The van der Waals surface area contributed by atoms with Crippen LogP contribution < -0.4 is 0 Å². The molecule has 0 N–H and O–H groups in total. The molecular weight excluding hydrogens is 318 g/mol. The summed E-state index contributed by atoms with van der Waals surface area (Å²) in [7, 11) is 0. The van der Waals surface area contributed by atoms with Crippen LogP contribution in [-0.2, 0) is 4.79 Å². The molecular formula is C19H27N3O3. The first-order valence-electron chi connectivity index (χ1n) is 9.56. The molecule has 6 nitrogen and oxygen atoms in total. The van der Waals surface area contributed by atoms with Crippen molar-refractivity contribution in [3.63, 3.8) is 0 Å². The topological polar surface area (TPSA) is 57.0 Å². The van der Waals surface area contributed by atoms with Gasteiger partial charge in [0.25, 0.3) is 5.91 Å². The van der Waals surface area contributed by atoms with Crippen LogP contribution in [0.5, 0.6) is 0 Å². The Morgan fingerprint density at radius 1 is 0.960 bits per heavy atom. The maximum Gasteiger partial charge on any atom is 0.257 e. The smallest absolute Gasteiger partial charge is 0.257 e. The number of amides is 2. The lowest BCUT2D eigenvalue weighted by molar-refractivity contribution is -0.140. The fraction of sp³-hybridized carbons (Fsp3) is 0.684. The monoisotopic (exact) mass is 345 g/mol. The Kier molecular flexibility index (Phi) is 4.79. The highest BCUT2D eigenvalue weighted by atomic mass is 16.3. The van der Waals surface area contributed by atoms with Crippen LogP contribution in [0, 0.1) is 5.92 Å². The second-order valence-corrected chi connectivity index (χ2v) is 7.55. The van der Waals surface area contributed by atoms with E-state index >= 15 is 0 Å². The van der Waals surface area contributed by atoms with Crippen molar-refractivity contribution in [2.24, 2.45) is 5.92 Å². The van der Waals surface area contributed by atoms with Gasteiger partial charge in [-0.25, -0.2) is 0 Å². The van der Waals surface area contributed by atoms with Gasteiger partial charge in [-0.15, -0.1) is 0 Å². The Bertz CT molecular complexity index is 607. The van der Waals surface area contributed by atoms with Crippen molar-refractivity contribution in [1.82, 2.24) is 14.7 Å². The number of furan rings is 1. The zero-order valence-corrected chi connectivity index (χ0v) is 14.7. The lowest BCUT2D eigenvalue weighted by Gasteiger charge is -2.45. The Morgan fingerprint density at radius 3 is 2.56 bits per heavy atom. The second kappa shape index (κ2) is 7.20. The number of carbonyl (C=O) groups is 2. The molecule has 25 heavy (non-hydrogen) atoms. The molecule has 3 fully saturated rings. The minimum absolute atomic E-state index is 0.00969. The van der Waals surface area contributed by atoms with Crippen LogP contribution in [0.15, 0.2) is 23.0 Å². The molecule has 4 heterocycles. The molecule has 1 aromatic rings. The highest BCUT2D eigenvalue weighted by Gasteiger charge is 2.35. The lowest BCUT2D eigenvalue weighted by atomic mass is 9.93. The molecule has 1 unspecified atom stereocenters. The quantitative estimate of drug-likeness (QED) is 0.821. The van der Waals surface area contributed by atoms with Gasteiger partial charge in [0.1, 0.15) is 6.26 Å². The van der Waals surface area contributed by atoms with Crippen molar-refractivity contribution < 1.29 is 14.0 Å². The fourth-order valence-corrected chi connectivity index (χ4v) is 4.51. The van der Waals surface area contributed by atoms with E-state index in [0.29, 0.717) is 30.6 Å². The molecule has 0 radical (unpaired) electrons. The van der Waals surface area contributed by atoms with Crippen molar-refractivity contribution in [2.75, 3.05) is 39.3 Å². The summed E-state index contributed by atoms with van der Waals surface area (Å²) in [5.74, 6) is 0.389. The third kappa shape index (κ3) is 3.45. The van der Waals surface area contributed by atoms with Gasteiger partial charge in [-0.05, 0) is 38.3 Å². The number of fused-ring (bicyclic) bond motifs is 1. The van der Waals surface area contributed by atoms with Gasteiger partial charge in [0.15, 0.2) is 0 Å². The predicted molar refractivity (Wildman–Crippen MR) is 93.1 cm³/mol. The number of carbonyl (C=O) groups excluding carboxylic acids is 2. The first-order chi connectivity index (χ1) is 12.2. The SMILES string of the molecule is O=C(c1ccoc1)N1CCC(C(=O)N2CCN3CCCCC3C2)CC1. The van der Waals surface area contributed by atoms with Crippen LogP contribution in [0.2, 0.25) is 0 Å². The van der Waals surface area contributed by atoms with E-state index in [0.717, 1.165) is 32.5 Å². The van der Waals surface area contributed by atoms with Gasteiger partial charge in [0.05, 0.1) is 11.8 Å². The van der Waals surface area contributed by atoms with Gasteiger partial charge in [0.2, 0.25) is 5.91 Å². The van der Waals surface area contributed by atoms with Crippen LogP contribution in [0.3, 0.4) is 0 Å². The summed E-state index contributed by atoms with van der Waals surface area (Å²) >= 11 is 0. The summed E-state index contributed by atoms with van der Waals surface area (Å²) in [5.41, 5.74) is 0.596. The molecule has 0 aromatic carbocycles. The van der Waals surface area contributed by atoms with E-state index in [-0.39, 0.29) is 11.8 Å². The summed E-state index contributed by atoms with van der Waals surface area (Å²) < 4.78 is 5.00. The molecule has 0 saturated carbocycles. The summed E-state index contributed by atoms with van der Waals surface area (Å²) in [6.45, 7) is 5.29. The summed E-state index contributed by atoms with van der Waals surface area (Å²) in [6.07, 6.45) is 8.37. The molecule has 136 valence electrons. The van der Waals surface area contributed by atoms with Gasteiger partial charge >= 0.3 is 0 Å². The fourth-order valence-electron chi connectivity index (χ4n) is 4.51. The Balaban J connectivity index is 1.30. The first kappa shape index (κ1) is 16.6. The zero-order valence-electron chi connectivity index (χ0n) is 14.7. The number of rotatable bonds is 2. The molecule has 3 aliphatic heterocycles. The third-order valence-electron chi connectivity index (χ3n) is 6.05. The minimum atomic E-state index is 0.00969. The summed E-state index contributed by atoms with van der Waals surface area (Å²) in [5, 5.41) is 0. The van der Waals surface area contributed by atoms with Crippen LogP contribution in [0.4, 0.5) is 0 Å². The van der Waals surface area contributed by atoms with Crippen molar-refractivity contribution in [3.05, 3.63) is 24.2 Å². The molecule has 0 aliphatic carbocycles. The predicted octanol–water partition coefficient (Wildman–Crippen LogP) is 1.83. The minimum Gasteiger partial charge on any atom is -0.472 e. The number of piperidine rings is 2. The van der Waals surface area contributed by atoms with E-state index in [9.17, 15) is 9.59 Å². The highest BCUT2D eigenvalue weighted by molar-refractivity contribution is 5.94. The maximum atomic E-state index is 12.9. The lowest BCUT2D eigenvalue weighted by Crippen LogP contribution is -2.57. The first-order valence-corrected chi connectivity index (χ1v) is 9.56. The molecule has 1 aromatic heterocycles. The molecule has 6 heteroatoms. The number of hydrogen-bond donors (Lipinski definition) is 0. The standard InChI is InChI=1S/C19H27N3O3/c23-18(22-11-10-20-7-2-1-3-17(20)13-22)15-4-8-21(9-5-15)19(24)16-6-12-25-14-16/h6,12,14-15,17H,1-5,7-11,13H2. The number of nitrogens with zero attached hydrogens (tertiary/aromatic N) is 3. The third-order valence-corrected chi connectivity index (χ3v) is 6.05. The van der Waals surface area contributed by atoms with E-state index in [1.807, 2.05) is 4.90 Å². The van der Waals surface area contributed by atoms with E-state index < -0.39 is 0 Å². The van der Waals surface area contributed by atoms with Crippen molar-refractivity contribution in [3.8, 4) is 0 Å². The van der Waals surface area contributed by atoms with Crippen LogP contribution in [-0.4, -0.2) is 71.8 Å².